The first-order valence-electron chi connectivity index (χ1n) is 6.46. The third-order valence-electron chi connectivity index (χ3n) is 2.49. The van der Waals surface area contributed by atoms with E-state index in [1.807, 2.05) is 38.3 Å². The van der Waals surface area contributed by atoms with Gasteiger partial charge in [0.25, 0.3) is 0 Å². The van der Waals surface area contributed by atoms with Crippen LogP contribution in [0.4, 0.5) is 0 Å². The summed E-state index contributed by atoms with van der Waals surface area (Å²) in [5, 5.41) is 13.5. The van der Waals surface area contributed by atoms with Crippen LogP contribution in [0.1, 0.15) is 32.1 Å². The van der Waals surface area contributed by atoms with Crippen molar-refractivity contribution >= 4 is 23.2 Å². The van der Waals surface area contributed by atoms with E-state index >= 15 is 0 Å². The number of hydrogen-bond donors (Lipinski definition) is 2. The monoisotopic (exact) mass is 299 g/mol. The second kappa shape index (κ2) is 7.40. The van der Waals surface area contributed by atoms with Gasteiger partial charge in [-0.2, -0.15) is 0 Å². The number of amides is 1. The summed E-state index contributed by atoms with van der Waals surface area (Å²) in [7, 11) is 0. The molecule has 5 nitrogen and oxygen atoms in total. The average Bonchev–Trinajstić information content (AvgIpc) is 2.78. The maximum Gasteiger partial charge on any atom is 0.326 e. The van der Waals surface area contributed by atoms with E-state index in [1.165, 1.54) is 11.3 Å². The van der Waals surface area contributed by atoms with E-state index < -0.39 is 12.0 Å². The molecule has 1 atom stereocenters. The fraction of sp³-hybridized carbons (Fsp3) is 0.571. The lowest BCUT2D eigenvalue weighted by Gasteiger charge is -2.21. The Labute approximate surface area is 123 Å². The first-order valence-corrected chi connectivity index (χ1v) is 7.34. The second-order valence-corrected chi connectivity index (χ2v) is 6.50. The molecule has 1 amide bonds. The number of ether oxygens (including phenoxy) is 1. The van der Waals surface area contributed by atoms with E-state index in [0.717, 1.165) is 4.88 Å². The van der Waals surface area contributed by atoms with Crippen molar-refractivity contribution in [3.05, 3.63) is 22.4 Å². The summed E-state index contributed by atoms with van der Waals surface area (Å²) in [6.45, 7) is 5.99. The summed E-state index contributed by atoms with van der Waals surface area (Å²) in [5.74, 6) is -1.32. The summed E-state index contributed by atoms with van der Waals surface area (Å²) >= 11 is 1.48. The Balaban J connectivity index is 2.42. The molecule has 0 aliphatic heterocycles. The molecule has 1 unspecified atom stereocenters. The highest BCUT2D eigenvalue weighted by Crippen LogP contribution is 2.10. The molecule has 2 N–H and O–H groups in total. The van der Waals surface area contributed by atoms with E-state index in [9.17, 15) is 9.59 Å². The number of hydrogen-bond acceptors (Lipinski definition) is 4. The van der Waals surface area contributed by atoms with Gasteiger partial charge in [0.15, 0.2) is 0 Å². The molecule has 0 radical (unpaired) electrons. The maximum absolute atomic E-state index is 11.8. The van der Waals surface area contributed by atoms with Gasteiger partial charge in [0.2, 0.25) is 5.91 Å². The van der Waals surface area contributed by atoms with Crippen molar-refractivity contribution in [3.63, 3.8) is 0 Å². The van der Waals surface area contributed by atoms with Crippen molar-refractivity contribution < 1.29 is 19.4 Å². The Morgan fingerprint density at radius 1 is 1.45 bits per heavy atom. The standard InChI is InChI=1S/C14H21NO4S/c1-14(2,3)19-7-6-11(13(17)18)15-12(16)9-10-5-4-8-20-10/h4-5,8,11H,6-7,9H2,1-3H3,(H,15,16)(H,17,18). The van der Waals surface area contributed by atoms with E-state index in [-0.39, 0.29) is 24.3 Å². The molecule has 112 valence electrons. The molecule has 0 fully saturated rings. The van der Waals surface area contributed by atoms with Crippen LogP contribution in [0.25, 0.3) is 0 Å². The summed E-state index contributed by atoms with van der Waals surface area (Å²) < 4.78 is 5.48. The molecule has 1 heterocycles. The SMILES string of the molecule is CC(C)(C)OCCC(NC(=O)Cc1cccs1)C(=O)O. The third-order valence-corrected chi connectivity index (χ3v) is 3.37. The Morgan fingerprint density at radius 2 is 2.15 bits per heavy atom. The van der Waals surface area contributed by atoms with Crippen LogP contribution in [0.3, 0.4) is 0 Å². The molecule has 0 saturated carbocycles. The number of carbonyl (C=O) groups is 2. The van der Waals surface area contributed by atoms with E-state index in [4.69, 9.17) is 9.84 Å². The van der Waals surface area contributed by atoms with Gasteiger partial charge in [-0.05, 0) is 32.2 Å². The summed E-state index contributed by atoms with van der Waals surface area (Å²) in [6, 6.07) is 2.80. The first-order chi connectivity index (χ1) is 9.28. The van der Waals surface area contributed by atoms with Crippen molar-refractivity contribution in [3.8, 4) is 0 Å². The zero-order valence-corrected chi connectivity index (χ0v) is 12.8. The predicted molar refractivity (Wildman–Crippen MR) is 77.9 cm³/mol. The smallest absolute Gasteiger partial charge is 0.326 e. The Kier molecular flexibility index (Phi) is 6.16. The largest absolute Gasteiger partial charge is 0.480 e. The molecule has 0 aliphatic carbocycles. The van der Waals surface area contributed by atoms with Crippen LogP contribution in [-0.4, -0.2) is 35.2 Å². The molecule has 1 rings (SSSR count). The molecule has 20 heavy (non-hydrogen) atoms. The zero-order valence-electron chi connectivity index (χ0n) is 12.0. The first kappa shape index (κ1) is 16.7. The van der Waals surface area contributed by atoms with Crippen LogP contribution >= 0.6 is 11.3 Å². The van der Waals surface area contributed by atoms with Crippen LogP contribution in [-0.2, 0) is 20.7 Å². The van der Waals surface area contributed by atoms with E-state index in [0.29, 0.717) is 6.61 Å². The number of aliphatic carboxylic acids is 1. The van der Waals surface area contributed by atoms with Crippen LogP contribution < -0.4 is 5.32 Å². The van der Waals surface area contributed by atoms with Gasteiger partial charge < -0.3 is 15.2 Å². The molecule has 1 aromatic rings. The lowest BCUT2D eigenvalue weighted by atomic mass is 10.1. The minimum absolute atomic E-state index is 0.210. The topological polar surface area (TPSA) is 75.6 Å². The van der Waals surface area contributed by atoms with E-state index in [1.54, 1.807) is 0 Å². The molecule has 6 heteroatoms. The summed E-state index contributed by atoms with van der Waals surface area (Å²) in [4.78, 5) is 23.8. The highest BCUT2D eigenvalue weighted by Gasteiger charge is 2.21. The van der Waals surface area contributed by atoms with Gasteiger partial charge in [0, 0.05) is 17.9 Å². The minimum atomic E-state index is -1.04. The van der Waals surface area contributed by atoms with Gasteiger partial charge in [0.1, 0.15) is 6.04 Å². The van der Waals surface area contributed by atoms with Crippen molar-refractivity contribution in [2.24, 2.45) is 0 Å². The van der Waals surface area contributed by atoms with Gasteiger partial charge in [-0.3, -0.25) is 4.79 Å². The fourth-order valence-electron chi connectivity index (χ4n) is 1.56. The molecule has 0 bridgehead atoms. The van der Waals surface area contributed by atoms with Gasteiger partial charge in [-0.15, -0.1) is 11.3 Å². The van der Waals surface area contributed by atoms with Crippen LogP contribution in [0.5, 0.6) is 0 Å². The van der Waals surface area contributed by atoms with Gasteiger partial charge in [-0.25, -0.2) is 4.79 Å². The van der Waals surface area contributed by atoms with Crippen LogP contribution in [0, 0.1) is 0 Å². The van der Waals surface area contributed by atoms with Crippen molar-refractivity contribution in [2.75, 3.05) is 6.61 Å². The lowest BCUT2D eigenvalue weighted by molar-refractivity contribution is -0.142. The number of rotatable bonds is 7. The highest BCUT2D eigenvalue weighted by molar-refractivity contribution is 7.10. The lowest BCUT2D eigenvalue weighted by Crippen LogP contribution is -2.42. The fourth-order valence-corrected chi connectivity index (χ4v) is 2.26. The molecular formula is C14H21NO4S. The normalized spacial score (nSPS) is 12.9. The van der Waals surface area contributed by atoms with Crippen molar-refractivity contribution in [2.45, 2.75) is 45.3 Å². The van der Waals surface area contributed by atoms with Gasteiger partial charge >= 0.3 is 5.97 Å². The summed E-state index contributed by atoms with van der Waals surface area (Å²) in [5.41, 5.74) is -0.315. The average molecular weight is 299 g/mol. The van der Waals surface area contributed by atoms with E-state index in [2.05, 4.69) is 5.32 Å². The summed E-state index contributed by atoms with van der Waals surface area (Å²) in [6.07, 6.45) is 0.463. The number of carboxylic acid groups (broad SMARTS) is 1. The molecule has 0 aliphatic rings. The number of thiophene rings is 1. The maximum atomic E-state index is 11.8. The van der Waals surface area contributed by atoms with Crippen molar-refractivity contribution in [1.29, 1.82) is 0 Å². The third kappa shape index (κ3) is 6.68. The van der Waals surface area contributed by atoms with Gasteiger partial charge in [-0.1, -0.05) is 6.07 Å². The van der Waals surface area contributed by atoms with Crippen LogP contribution in [0.2, 0.25) is 0 Å². The van der Waals surface area contributed by atoms with Crippen LogP contribution in [0.15, 0.2) is 17.5 Å². The Bertz CT molecular complexity index is 437. The highest BCUT2D eigenvalue weighted by atomic mass is 32.1. The Morgan fingerprint density at radius 3 is 2.65 bits per heavy atom. The molecule has 0 aromatic carbocycles. The predicted octanol–water partition coefficient (Wildman–Crippen LogP) is 2.07. The number of carbonyl (C=O) groups excluding carboxylic acids is 1. The minimum Gasteiger partial charge on any atom is -0.480 e. The van der Waals surface area contributed by atoms with Crippen molar-refractivity contribution in [1.82, 2.24) is 5.32 Å². The quantitative estimate of drug-likeness (QED) is 0.808. The van der Waals surface area contributed by atoms with Gasteiger partial charge in [0.05, 0.1) is 12.0 Å². The molecule has 0 spiro atoms. The number of nitrogens with one attached hydrogen (secondary N) is 1. The zero-order chi connectivity index (χ0) is 15.2. The molecule has 1 aromatic heterocycles. The Hall–Kier alpha value is -1.40. The number of carboxylic acids is 1. The second-order valence-electron chi connectivity index (χ2n) is 5.46. The molecular weight excluding hydrogens is 278 g/mol. The molecule has 0 saturated heterocycles.